The summed E-state index contributed by atoms with van der Waals surface area (Å²) in [6, 6.07) is 4.89. The maximum atomic E-state index is 12.0. The molecule has 1 aliphatic heterocycles. The summed E-state index contributed by atoms with van der Waals surface area (Å²) < 4.78 is 5.62. The molecule has 1 aliphatic rings. The molecule has 0 bridgehead atoms. The van der Waals surface area contributed by atoms with Crippen molar-refractivity contribution in [2.75, 3.05) is 5.32 Å². The molecule has 1 aromatic rings. The van der Waals surface area contributed by atoms with Crippen molar-refractivity contribution in [1.29, 1.82) is 0 Å². The highest BCUT2D eigenvalue weighted by atomic mass is 16.5. The van der Waals surface area contributed by atoms with Crippen molar-refractivity contribution in [3.8, 4) is 5.75 Å². The zero-order valence-corrected chi connectivity index (χ0v) is 13.3. The fraction of sp³-hybridized carbons (Fsp3) is 0.438. The first-order valence-corrected chi connectivity index (χ1v) is 7.26. The van der Waals surface area contributed by atoms with Crippen LogP contribution in [0.4, 0.5) is 5.69 Å². The van der Waals surface area contributed by atoms with Crippen molar-refractivity contribution < 1.29 is 14.3 Å². The van der Waals surface area contributed by atoms with Crippen molar-refractivity contribution in [3.63, 3.8) is 0 Å². The van der Waals surface area contributed by atoms with Gasteiger partial charge in [0.2, 0.25) is 0 Å². The van der Waals surface area contributed by atoms with Crippen molar-refractivity contribution in [2.24, 2.45) is 11.0 Å². The average Bonchev–Trinajstić information content (AvgIpc) is 2.43. The summed E-state index contributed by atoms with van der Waals surface area (Å²) in [5.74, 6) is 0.457. The highest BCUT2D eigenvalue weighted by molar-refractivity contribution is 6.02. The van der Waals surface area contributed by atoms with E-state index in [2.05, 4.69) is 29.7 Å². The molecule has 22 heavy (non-hydrogen) atoms. The van der Waals surface area contributed by atoms with E-state index in [4.69, 9.17) is 4.74 Å². The zero-order valence-electron chi connectivity index (χ0n) is 13.3. The first-order chi connectivity index (χ1) is 10.3. The van der Waals surface area contributed by atoms with Gasteiger partial charge in [-0.2, -0.15) is 5.10 Å². The minimum Gasteiger partial charge on any atom is -0.476 e. The Balaban J connectivity index is 2.09. The summed E-state index contributed by atoms with van der Waals surface area (Å²) in [5, 5.41) is 6.64. The molecule has 0 atom stereocenters. The highest BCUT2D eigenvalue weighted by Crippen LogP contribution is 2.34. The van der Waals surface area contributed by atoms with Crippen LogP contribution in [0.2, 0.25) is 0 Å². The van der Waals surface area contributed by atoms with Gasteiger partial charge < -0.3 is 10.1 Å². The third-order valence-corrected chi connectivity index (χ3v) is 3.24. The first-order valence-electron chi connectivity index (χ1n) is 7.26. The lowest BCUT2D eigenvalue weighted by Gasteiger charge is -2.31. The van der Waals surface area contributed by atoms with Crippen LogP contribution in [-0.2, 0) is 4.79 Å². The molecule has 2 amide bonds. The van der Waals surface area contributed by atoms with Crippen molar-refractivity contribution in [2.45, 2.75) is 39.7 Å². The number of hydrogen-bond acceptors (Lipinski definition) is 4. The number of hydrogen-bond donors (Lipinski definition) is 2. The molecule has 6 heteroatoms. The van der Waals surface area contributed by atoms with Gasteiger partial charge >= 0.3 is 0 Å². The van der Waals surface area contributed by atoms with E-state index in [9.17, 15) is 9.59 Å². The van der Waals surface area contributed by atoms with Gasteiger partial charge in [0.1, 0.15) is 5.75 Å². The maximum absolute atomic E-state index is 12.0. The molecule has 1 heterocycles. The quantitative estimate of drug-likeness (QED) is 0.662. The number of nitrogens with one attached hydrogen (secondary N) is 2. The SMILES string of the molecule is CC(C)CC=NNC(=O)c1ccc2c(c1)NC(=O)C(C)(C)O2. The number of hydrazone groups is 1. The van der Waals surface area contributed by atoms with Gasteiger partial charge in [0, 0.05) is 11.8 Å². The molecule has 0 spiro atoms. The molecule has 6 nitrogen and oxygen atoms in total. The Morgan fingerprint density at radius 3 is 2.86 bits per heavy atom. The number of rotatable bonds is 4. The Morgan fingerprint density at radius 2 is 2.18 bits per heavy atom. The highest BCUT2D eigenvalue weighted by Gasteiger charge is 2.35. The van der Waals surface area contributed by atoms with Crippen LogP contribution >= 0.6 is 0 Å². The van der Waals surface area contributed by atoms with E-state index in [1.165, 1.54) is 0 Å². The number of amides is 2. The minimum atomic E-state index is -0.919. The van der Waals surface area contributed by atoms with Crippen molar-refractivity contribution >= 4 is 23.7 Å². The van der Waals surface area contributed by atoms with Crippen LogP contribution in [-0.4, -0.2) is 23.6 Å². The maximum Gasteiger partial charge on any atom is 0.271 e. The fourth-order valence-corrected chi connectivity index (χ4v) is 1.88. The van der Waals surface area contributed by atoms with Crippen LogP contribution in [0.3, 0.4) is 0 Å². The van der Waals surface area contributed by atoms with Crippen LogP contribution in [0.15, 0.2) is 23.3 Å². The fourth-order valence-electron chi connectivity index (χ4n) is 1.88. The molecule has 0 aliphatic carbocycles. The number of fused-ring (bicyclic) bond motifs is 1. The molecule has 2 N–H and O–H groups in total. The van der Waals surface area contributed by atoms with E-state index in [-0.39, 0.29) is 11.8 Å². The molecular formula is C16H21N3O3. The molecule has 0 saturated heterocycles. The van der Waals surface area contributed by atoms with Gasteiger partial charge in [-0.05, 0) is 44.4 Å². The number of benzene rings is 1. The van der Waals surface area contributed by atoms with E-state index < -0.39 is 5.60 Å². The zero-order chi connectivity index (χ0) is 16.3. The van der Waals surface area contributed by atoms with E-state index in [0.29, 0.717) is 22.9 Å². The molecule has 0 aromatic heterocycles. The summed E-state index contributed by atoms with van der Waals surface area (Å²) in [6.45, 7) is 7.52. The predicted octanol–water partition coefficient (Wildman–Crippen LogP) is 2.56. The average molecular weight is 303 g/mol. The van der Waals surface area contributed by atoms with Gasteiger partial charge in [0.25, 0.3) is 11.8 Å². The Kier molecular flexibility index (Phi) is 4.49. The van der Waals surface area contributed by atoms with Gasteiger partial charge in [0.05, 0.1) is 5.69 Å². The molecular weight excluding hydrogens is 282 g/mol. The lowest BCUT2D eigenvalue weighted by Crippen LogP contribution is -2.45. The summed E-state index contributed by atoms with van der Waals surface area (Å²) in [6.07, 6.45) is 2.47. The third-order valence-electron chi connectivity index (χ3n) is 3.24. The number of anilines is 1. The first kappa shape index (κ1) is 16.0. The summed E-state index contributed by atoms with van der Waals surface area (Å²) in [7, 11) is 0. The summed E-state index contributed by atoms with van der Waals surface area (Å²) >= 11 is 0. The lowest BCUT2D eigenvalue weighted by molar-refractivity contribution is -0.129. The van der Waals surface area contributed by atoms with E-state index >= 15 is 0 Å². The van der Waals surface area contributed by atoms with Crippen molar-refractivity contribution in [3.05, 3.63) is 23.8 Å². The summed E-state index contributed by atoms with van der Waals surface area (Å²) in [5.41, 5.74) is 2.44. The molecule has 0 saturated carbocycles. The number of carbonyl (C=O) groups excluding carboxylic acids is 2. The standard InChI is InChI=1S/C16H21N3O3/c1-10(2)7-8-17-19-14(20)11-5-6-13-12(9-11)18-15(21)16(3,4)22-13/h5-6,8-10H,7H2,1-4H3,(H,18,21)(H,19,20). The normalized spacial score (nSPS) is 16.1. The molecule has 118 valence electrons. The Hall–Kier alpha value is -2.37. The van der Waals surface area contributed by atoms with E-state index in [1.807, 2.05) is 0 Å². The second kappa shape index (κ2) is 6.17. The molecule has 0 unspecified atom stereocenters. The van der Waals surface area contributed by atoms with Crippen LogP contribution in [0.1, 0.15) is 44.5 Å². The van der Waals surface area contributed by atoms with Crippen LogP contribution < -0.4 is 15.5 Å². The van der Waals surface area contributed by atoms with Crippen LogP contribution in [0, 0.1) is 5.92 Å². The second-order valence-corrected chi connectivity index (χ2v) is 6.16. The van der Waals surface area contributed by atoms with Gasteiger partial charge in [-0.1, -0.05) is 13.8 Å². The Labute approximate surface area is 129 Å². The van der Waals surface area contributed by atoms with Gasteiger partial charge in [-0.25, -0.2) is 5.43 Å². The monoisotopic (exact) mass is 303 g/mol. The Morgan fingerprint density at radius 1 is 1.45 bits per heavy atom. The predicted molar refractivity (Wildman–Crippen MR) is 85.2 cm³/mol. The van der Waals surface area contributed by atoms with E-state index in [1.54, 1.807) is 38.3 Å². The van der Waals surface area contributed by atoms with Crippen LogP contribution in [0.25, 0.3) is 0 Å². The van der Waals surface area contributed by atoms with Crippen LogP contribution in [0.5, 0.6) is 5.75 Å². The van der Waals surface area contributed by atoms with Crippen molar-refractivity contribution in [1.82, 2.24) is 5.43 Å². The van der Waals surface area contributed by atoms with E-state index in [0.717, 1.165) is 6.42 Å². The van der Waals surface area contributed by atoms with Gasteiger partial charge in [-0.3, -0.25) is 9.59 Å². The third kappa shape index (κ3) is 3.63. The smallest absolute Gasteiger partial charge is 0.271 e. The molecule has 2 rings (SSSR count). The van der Waals surface area contributed by atoms with Gasteiger partial charge in [0.15, 0.2) is 5.60 Å². The lowest BCUT2D eigenvalue weighted by atomic mass is 10.0. The largest absolute Gasteiger partial charge is 0.476 e. The number of ether oxygens (including phenoxy) is 1. The molecule has 0 radical (unpaired) electrons. The summed E-state index contributed by atoms with van der Waals surface area (Å²) in [4.78, 5) is 23.9. The Bertz CT molecular complexity index is 621. The second-order valence-electron chi connectivity index (χ2n) is 6.16. The number of nitrogens with zero attached hydrogens (tertiary/aromatic N) is 1. The molecule has 1 aromatic carbocycles. The number of carbonyl (C=O) groups is 2. The van der Waals surface area contributed by atoms with Gasteiger partial charge in [-0.15, -0.1) is 0 Å². The molecule has 0 fully saturated rings. The topological polar surface area (TPSA) is 79.8 Å². The minimum absolute atomic E-state index is 0.243.